The van der Waals surface area contributed by atoms with E-state index in [9.17, 15) is 13.6 Å². The maximum Gasteiger partial charge on any atom is 0.255 e. The van der Waals surface area contributed by atoms with Crippen LogP contribution in [0.25, 0.3) is 17.0 Å². The van der Waals surface area contributed by atoms with Crippen molar-refractivity contribution in [3.8, 4) is 11.4 Å². The number of likely N-dealkylation sites (tertiary alicyclic amines) is 1. The number of thiazole rings is 1. The molecule has 2 N–H and O–H groups in total. The molecule has 6 rings (SSSR count). The van der Waals surface area contributed by atoms with Gasteiger partial charge < -0.3 is 10.6 Å². The smallest absolute Gasteiger partial charge is 0.255 e. The van der Waals surface area contributed by atoms with Crippen molar-refractivity contribution in [3.05, 3.63) is 94.6 Å². The summed E-state index contributed by atoms with van der Waals surface area (Å²) in [5, 5.41) is 7.98. The molecule has 1 amide bonds. The van der Waals surface area contributed by atoms with Gasteiger partial charge in [0.2, 0.25) is 0 Å². The normalized spacial score (nSPS) is 14.0. The standard InChI is InChI=1S/C30H28F2N6OS/c1-19-7-5-9-22(31)28(19)36-29(39)20-11-12-24(23(32)15-20)34-30-35-25(18-40-30)26-16-33-27-10-6-8-21(38(26)27)17-37-13-3-2-4-14-37/h5-12,15-16,18H,2-4,13-14,17H2,1H3,(H,34,35)(H,36,39). The molecule has 10 heteroatoms. The van der Waals surface area contributed by atoms with Crippen molar-refractivity contribution in [2.75, 3.05) is 23.7 Å². The van der Waals surface area contributed by atoms with Crippen LogP contribution in [0.5, 0.6) is 0 Å². The number of fused-ring (bicyclic) bond motifs is 1. The first kappa shape index (κ1) is 26.1. The lowest BCUT2D eigenvalue weighted by Crippen LogP contribution is -2.29. The van der Waals surface area contributed by atoms with E-state index in [0.717, 1.165) is 48.4 Å². The second-order valence-corrected chi connectivity index (χ2v) is 10.8. The van der Waals surface area contributed by atoms with E-state index >= 15 is 0 Å². The molecule has 1 aliphatic heterocycles. The fourth-order valence-electron chi connectivity index (χ4n) is 5.05. The molecular weight excluding hydrogens is 530 g/mol. The van der Waals surface area contributed by atoms with Gasteiger partial charge in [-0.05, 0) is 74.8 Å². The van der Waals surface area contributed by atoms with Crippen molar-refractivity contribution in [1.82, 2.24) is 19.3 Å². The van der Waals surface area contributed by atoms with Gasteiger partial charge in [0, 0.05) is 23.2 Å². The van der Waals surface area contributed by atoms with Gasteiger partial charge in [-0.15, -0.1) is 11.3 Å². The lowest BCUT2D eigenvalue weighted by Gasteiger charge is -2.26. The predicted molar refractivity (Wildman–Crippen MR) is 154 cm³/mol. The van der Waals surface area contributed by atoms with Crippen LogP contribution in [0.1, 0.15) is 40.9 Å². The number of para-hydroxylation sites is 1. The molecule has 0 unspecified atom stereocenters. The van der Waals surface area contributed by atoms with Gasteiger partial charge in [-0.25, -0.2) is 18.7 Å². The zero-order valence-corrected chi connectivity index (χ0v) is 22.8. The summed E-state index contributed by atoms with van der Waals surface area (Å²) in [6.45, 7) is 4.73. The number of piperidine rings is 1. The number of nitrogens with zero attached hydrogens (tertiary/aromatic N) is 4. The maximum absolute atomic E-state index is 15.0. The van der Waals surface area contributed by atoms with Crippen LogP contribution in [0.2, 0.25) is 0 Å². The van der Waals surface area contributed by atoms with Crippen molar-refractivity contribution < 1.29 is 13.6 Å². The zero-order valence-electron chi connectivity index (χ0n) is 22.0. The molecule has 0 spiro atoms. The average Bonchev–Trinajstić information content (AvgIpc) is 3.60. The number of aryl methyl sites for hydroxylation is 1. The van der Waals surface area contributed by atoms with E-state index in [2.05, 4.69) is 31.0 Å². The summed E-state index contributed by atoms with van der Waals surface area (Å²) in [5.74, 6) is -1.76. The molecule has 0 atom stereocenters. The van der Waals surface area contributed by atoms with Gasteiger partial charge in [0.25, 0.3) is 5.91 Å². The highest BCUT2D eigenvalue weighted by Gasteiger charge is 2.18. The number of hydrogen-bond acceptors (Lipinski definition) is 6. The number of nitrogens with one attached hydrogen (secondary N) is 2. The number of carbonyl (C=O) groups excluding carboxylic acids is 1. The third kappa shape index (κ3) is 5.32. The van der Waals surface area contributed by atoms with Gasteiger partial charge >= 0.3 is 0 Å². The number of anilines is 3. The molecule has 4 heterocycles. The van der Waals surface area contributed by atoms with E-state index in [1.54, 1.807) is 19.1 Å². The molecular formula is C30H28F2N6OS. The van der Waals surface area contributed by atoms with E-state index in [-0.39, 0.29) is 16.9 Å². The molecule has 1 saturated heterocycles. The van der Waals surface area contributed by atoms with Gasteiger partial charge in [-0.3, -0.25) is 14.1 Å². The molecule has 1 fully saturated rings. The monoisotopic (exact) mass is 558 g/mol. The van der Waals surface area contributed by atoms with E-state index in [1.165, 1.54) is 48.8 Å². The van der Waals surface area contributed by atoms with Crippen LogP contribution in [0.3, 0.4) is 0 Å². The second-order valence-electron chi connectivity index (χ2n) is 9.93. The lowest BCUT2D eigenvalue weighted by atomic mass is 10.1. The Kier molecular flexibility index (Phi) is 7.27. The van der Waals surface area contributed by atoms with Crippen LogP contribution in [-0.2, 0) is 6.54 Å². The third-order valence-corrected chi connectivity index (χ3v) is 7.90. The van der Waals surface area contributed by atoms with Crippen molar-refractivity contribution >= 4 is 39.4 Å². The highest BCUT2D eigenvalue weighted by atomic mass is 32.1. The first-order chi connectivity index (χ1) is 19.5. The topological polar surface area (TPSA) is 74.6 Å². The summed E-state index contributed by atoms with van der Waals surface area (Å²) >= 11 is 1.36. The Labute approximate surface area is 234 Å². The van der Waals surface area contributed by atoms with Crippen LogP contribution in [0.4, 0.5) is 25.3 Å². The number of pyridine rings is 1. The maximum atomic E-state index is 15.0. The van der Waals surface area contributed by atoms with Crippen LogP contribution >= 0.6 is 11.3 Å². The fraction of sp³-hybridized carbons (Fsp3) is 0.233. The molecule has 5 aromatic rings. The summed E-state index contributed by atoms with van der Waals surface area (Å²) in [7, 11) is 0. The minimum atomic E-state index is -0.617. The average molecular weight is 559 g/mol. The summed E-state index contributed by atoms with van der Waals surface area (Å²) < 4.78 is 31.3. The number of benzene rings is 2. The predicted octanol–water partition coefficient (Wildman–Crippen LogP) is 7.03. The number of halogens is 2. The zero-order chi connectivity index (χ0) is 27.6. The van der Waals surface area contributed by atoms with Gasteiger partial charge in [-0.1, -0.05) is 24.6 Å². The van der Waals surface area contributed by atoms with Crippen molar-refractivity contribution in [1.29, 1.82) is 0 Å². The molecule has 3 aromatic heterocycles. The molecule has 204 valence electrons. The Morgan fingerprint density at radius 2 is 1.85 bits per heavy atom. The Hall–Kier alpha value is -4.15. The van der Waals surface area contributed by atoms with Crippen molar-refractivity contribution in [2.45, 2.75) is 32.7 Å². The Morgan fingerprint density at radius 1 is 1.02 bits per heavy atom. The summed E-state index contributed by atoms with van der Waals surface area (Å²) in [6, 6.07) is 14.7. The summed E-state index contributed by atoms with van der Waals surface area (Å²) in [6.07, 6.45) is 5.55. The van der Waals surface area contributed by atoms with Crippen LogP contribution in [0.15, 0.2) is 66.2 Å². The highest BCUT2D eigenvalue weighted by molar-refractivity contribution is 7.14. The molecule has 7 nitrogen and oxygen atoms in total. The number of amides is 1. The van der Waals surface area contributed by atoms with Gasteiger partial charge in [0.05, 0.1) is 23.3 Å². The first-order valence-corrected chi connectivity index (χ1v) is 14.1. The number of rotatable bonds is 7. The number of carbonyl (C=O) groups is 1. The second kappa shape index (κ2) is 11.1. The lowest BCUT2D eigenvalue weighted by molar-refractivity contribution is 0.102. The molecule has 0 aliphatic carbocycles. The minimum absolute atomic E-state index is 0.0805. The largest absolute Gasteiger partial charge is 0.329 e. The number of imidazole rings is 1. The Bertz CT molecular complexity index is 1670. The van der Waals surface area contributed by atoms with Gasteiger partial charge in [0.15, 0.2) is 5.13 Å². The molecule has 0 saturated carbocycles. The molecule has 2 aromatic carbocycles. The Balaban J connectivity index is 1.20. The van der Waals surface area contributed by atoms with E-state index < -0.39 is 17.5 Å². The van der Waals surface area contributed by atoms with E-state index in [1.807, 2.05) is 23.7 Å². The van der Waals surface area contributed by atoms with Crippen LogP contribution in [0, 0.1) is 18.6 Å². The SMILES string of the molecule is Cc1cccc(F)c1NC(=O)c1ccc(Nc2nc(-c3cnc4cccc(CN5CCCCC5)n34)cs2)c(F)c1. The molecule has 40 heavy (non-hydrogen) atoms. The Morgan fingerprint density at radius 3 is 2.65 bits per heavy atom. The molecule has 1 aliphatic rings. The van der Waals surface area contributed by atoms with Crippen LogP contribution < -0.4 is 10.6 Å². The van der Waals surface area contributed by atoms with E-state index in [4.69, 9.17) is 4.98 Å². The summed E-state index contributed by atoms with van der Waals surface area (Å²) in [4.78, 5) is 24.4. The number of hydrogen-bond donors (Lipinski definition) is 2. The number of aromatic nitrogens is 3. The molecule has 0 radical (unpaired) electrons. The van der Waals surface area contributed by atoms with Gasteiger partial charge in [-0.2, -0.15) is 0 Å². The quantitative estimate of drug-likeness (QED) is 0.224. The minimum Gasteiger partial charge on any atom is -0.329 e. The third-order valence-electron chi connectivity index (χ3n) is 7.14. The van der Waals surface area contributed by atoms with Gasteiger partial charge in [0.1, 0.15) is 23.0 Å². The molecule has 0 bridgehead atoms. The highest BCUT2D eigenvalue weighted by Crippen LogP contribution is 2.30. The van der Waals surface area contributed by atoms with E-state index in [0.29, 0.717) is 10.7 Å². The fourth-order valence-corrected chi connectivity index (χ4v) is 5.77. The first-order valence-electron chi connectivity index (χ1n) is 13.2. The summed E-state index contributed by atoms with van der Waals surface area (Å²) in [5.41, 5.74) is 4.55. The van der Waals surface area contributed by atoms with Crippen molar-refractivity contribution in [3.63, 3.8) is 0 Å². The van der Waals surface area contributed by atoms with Crippen LogP contribution in [-0.4, -0.2) is 38.3 Å². The van der Waals surface area contributed by atoms with Crippen molar-refractivity contribution in [2.24, 2.45) is 0 Å².